The van der Waals surface area contributed by atoms with Crippen LogP contribution in [0.4, 0.5) is 11.4 Å². The zero-order valence-electron chi connectivity index (χ0n) is 19.9. The van der Waals surface area contributed by atoms with Crippen molar-refractivity contribution in [3.8, 4) is 5.75 Å². The predicted molar refractivity (Wildman–Crippen MR) is 136 cm³/mol. The zero-order valence-corrected chi connectivity index (χ0v) is 19.9. The van der Waals surface area contributed by atoms with Gasteiger partial charge in [-0.2, -0.15) is 0 Å². The average molecular weight is 462 g/mol. The first kappa shape index (κ1) is 22.6. The second-order valence-corrected chi connectivity index (χ2v) is 9.87. The Labute approximate surface area is 201 Å². The second-order valence-electron chi connectivity index (χ2n) is 9.87. The number of rotatable bonds is 3. The first-order chi connectivity index (χ1) is 16.6. The number of hydrogen-bond acceptors (Lipinski definition) is 4. The van der Waals surface area contributed by atoms with E-state index in [-0.39, 0.29) is 17.7 Å². The number of carbonyl (C=O) groups excluding carboxylic acids is 1. The second kappa shape index (κ2) is 9.57. The molecule has 34 heavy (non-hydrogen) atoms. The Bertz CT molecular complexity index is 1030. The van der Waals surface area contributed by atoms with Crippen molar-refractivity contribution in [3.05, 3.63) is 54.6 Å². The summed E-state index contributed by atoms with van der Waals surface area (Å²) in [6, 6.07) is 17.8. The molecule has 5 rings (SSSR count). The molecule has 1 amide bonds. The molecular weight excluding hydrogens is 426 g/mol. The average Bonchev–Trinajstić information content (AvgIpc) is 3.17. The van der Waals surface area contributed by atoms with Gasteiger partial charge in [0.25, 0.3) is 0 Å². The summed E-state index contributed by atoms with van der Waals surface area (Å²) in [7, 11) is 0. The summed E-state index contributed by atoms with van der Waals surface area (Å²) >= 11 is 0. The summed E-state index contributed by atoms with van der Waals surface area (Å²) in [4.78, 5) is 22.7. The van der Waals surface area contributed by atoms with Gasteiger partial charge in [0.05, 0.1) is 18.4 Å². The van der Waals surface area contributed by atoms with Crippen molar-refractivity contribution < 1.29 is 9.90 Å². The summed E-state index contributed by atoms with van der Waals surface area (Å²) in [5.74, 6) is 1.68. The summed E-state index contributed by atoms with van der Waals surface area (Å²) in [6.07, 6.45) is 6.21. The third kappa shape index (κ3) is 4.31. The molecule has 1 spiro atoms. The van der Waals surface area contributed by atoms with Crippen LogP contribution < -0.4 is 15.5 Å². The minimum absolute atomic E-state index is 0.115. The molecular formula is C27H35N5O2. The van der Waals surface area contributed by atoms with E-state index in [2.05, 4.69) is 39.5 Å². The normalized spacial score (nSPS) is 24.9. The number of anilines is 2. The van der Waals surface area contributed by atoms with Crippen molar-refractivity contribution in [3.63, 3.8) is 0 Å². The molecule has 3 aliphatic rings. The Morgan fingerprint density at radius 1 is 1.06 bits per heavy atom. The van der Waals surface area contributed by atoms with Gasteiger partial charge in [0.1, 0.15) is 11.3 Å². The number of phenols is 1. The largest absolute Gasteiger partial charge is 0.506 e. The quantitative estimate of drug-likeness (QED) is 0.363. The van der Waals surface area contributed by atoms with Crippen LogP contribution in [0.15, 0.2) is 59.6 Å². The number of phenolic OH excluding ortho intramolecular Hbond substituents is 1. The number of nitrogens with one attached hydrogen (secondary N) is 2. The van der Waals surface area contributed by atoms with Gasteiger partial charge in [-0.1, -0.05) is 50.1 Å². The van der Waals surface area contributed by atoms with Crippen LogP contribution in [0.5, 0.6) is 5.75 Å². The molecule has 2 unspecified atom stereocenters. The van der Waals surface area contributed by atoms with Crippen LogP contribution in [0.1, 0.15) is 45.4 Å². The van der Waals surface area contributed by atoms with Crippen molar-refractivity contribution in [2.45, 2.75) is 57.0 Å². The van der Waals surface area contributed by atoms with E-state index in [4.69, 9.17) is 4.99 Å². The first-order valence-electron chi connectivity index (χ1n) is 12.6. The Morgan fingerprint density at radius 2 is 1.76 bits per heavy atom. The van der Waals surface area contributed by atoms with Gasteiger partial charge in [0.2, 0.25) is 5.91 Å². The number of amides is 1. The van der Waals surface area contributed by atoms with Gasteiger partial charge < -0.3 is 25.5 Å². The van der Waals surface area contributed by atoms with Gasteiger partial charge in [-0.05, 0) is 55.9 Å². The fourth-order valence-corrected chi connectivity index (χ4v) is 5.66. The minimum Gasteiger partial charge on any atom is -0.506 e. The molecule has 2 heterocycles. The summed E-state index contributed by atoms with van der Waals surface area (Å²) < 4.78 is 0. The topological polar surface area (TPSA) is 80.2 Å². The number of hydrogen-bond donors (Lipinski definition) is 3. The molecule has 2 aliphatic heterocycles. The maximum absolute atomic E-state index is 13.1. The van der Waals surface area contributed by atoms with E-state index >= 15 is 0 Å². The molecule has 3 fully saturated rings. The molecule has 0 bridgehead atoms. The third-order valence-corrected chi connectivity index (χ3v) is 7.80. The van der Waals surface area contributed by atoms with Crippen LogP contribution >= 0.6 is 0 Å². The minimum atomic E-state index is -0.532. The monoisotopic (exact) mass is 461 g/mol. The molecule has 3 N–H and O–H groups in total. The van der Waals surface area contributed by atoms with Crippen molar-refractivity contribution >= 4 is 23.2 Å². The summed E-state index contributed by atoms with van der Waals surface area (Å²) in [6.45, 7) is 4.27. The van der Waals surface area contributed by atoms with Crippen molar-refractivity contribution in [1.82, 2.24) is 10.2 Å². The van der Waals surface area contributed by atoms with E-state index in [1.807, 2.05) is 36.4 Å². The van der Waals surface area contributed by atoms with E-state index in [9.17, 15) is 9.90 Å². The van der Waals surface area contributed by atoms with E-state index in [1.54, 1.807) is 6.07 Å². The molecule has 2 atom stereocenters. The molecule has 0 aromatic heterocycles. The highest BCUT2D eigenvalue weighted by Crippen LogP contribution is 2.37. The highest BCUT2D eigenvalue weighted by Gasteiger charge is 2.50. The van der Waals surface area contributed by atoms with Gasteiger partial charge in [0, 0.05) is 18.8 Å². The standard InChI is InChI=1S/C27H35N5O2/c1-20-9-5-6-12-22(20)29-26(30-23-13-7-8-14-24(23)33)31-17-15-27(16-18-31)25(34)28-19-32(27)21-10-3-2-4-11-21/h2-4,7-8,10-11,13-14,20,22,33H,5-6,9,12,15-19H2,1H3,(H,28,34)(H,29,30). The maximum Gasteiger partial charge on any atom is 0.247 e. The highest BCUT2D eigenvalue weighted by atomic mass is 16.3. The number of aromatic hydroxyl groups is 1. The lowest BCUT2D eigenvalue weighted by molar-refractivity contribution is -0.124. The van der Waals surface area contributed by atoms with Crippen molar-refractivity contribution in [1.29, 1.82) is 0 Å². The molecule has 180 valence electrons. The van der Waals surface area contributed by atoms with Crippen LogP contribution in [-0.2, 0) is 4.79 Å². The predicted octanol–water partition coefficient (Wildman–Crippen LogP) is 4.17. The van der Waals surface area contributed by atoms with E-state index in [1.165, 1.54) is 19.3 Å². The fraction of sp³-hybridized carbons (Fsp3) is 0.481. The number of aliphatic imine (C=N–C) groups is 1. The van der Waals surface area contributed by atoms with Crippen LogP contribution in [0.3, 0.4) is 0 Å². The molecule has 7 nitrogen and oxygen atoms in total. The number of nitrogens with zero attached hydrogens (tertiary/aromatic N) is 3. The Kier molecular flexibility index (Phi) is 6.35. The van der Waals surface area contributed by atoms with Gasteiger partial charge in [-0.15, -0.1) is 0 Å². The number of piperidine rings is 1. The van der Waals surface area contributed by atoms with Crippen LogP contribution in [-0.4, -0.2) is 53.2 Å². The lowest BCUT2D eigenvalue weighted by atomic mass is 9.85. The molecule has 7 heteroatoms. The van der Waals surface area contributed by atoms with Crippen molar-refractivity contribution in [2.75, 3.05) is 30.0 Å². The molecule has 2 aromatic carbocycles. The van der Waals surface area contributed by atoms with Crippen molar-refractivity contribution in [2.24, 2.45) is 10.9 Å². The Morgan fingerprint density at radius 3 is 2.50 bits per heavy atom. The summed E-state index contributed by atoms with van der Waals surface area (Å²) in [5.41, 5.74) is 1.21. The molecule has 1 aliphatic carbocycles. The number of likely N-dealkylation sites (tertiary alicyclic amines) is 1. The molecule has 1 saturated carbocycles. The van der Waals surface area contributed by atoms with E-state index < -0.39 is 5.54 Å². The highest BCUT2D eigenvalue weighted by molar-refractivity contribution is 5.96. The van der Waals surface area contributed by atoms with Crippen LogP contribution in [0.25, 0.3) is 0 Å². The van der Waals surface area contributed by atoms with Crippen LogP contribution in [0.2, 0.25) is 0 Å². The zero-order chi connectivity index (χ0) is 23.5. The number of carbonyl (C=O) groups is 1. The van der Waals surface area contributed by atoms with Crippen LogP contribution in [0, 0.1) is 5.92 Å². The summed E-state index contributed by atoms with van der Waals surface area (Å²) in [5, 5.41) is 16.9. The van der Waals surface area contributed by atoms with Gasteiger partial charge in [-0.25, -0.2) is 4.99 Å². The first-order valence-corrected chi connectivity index (χ1v) is 12.6. The molecule has 0 radical (unpaired) electrons. The Hall–Kier alpha value is -3.22. The third-order valence-electron chi connectivity index (χ3n) is 7.80. The molecule has 2 aromatic rings. The van der Waals surface area contributed by atoms with E-state index in [0.29, 0.717) is 18.3 Å². The van der Waals surface area contributed by atoms with Gasteiger partial charge in [-0.3, -0.25) is 4.79 Å². The fourth-order valence-electron chi connectivity index (χ4n) is 5.66. The lowest BCUT2D eigenvalue weighted by Crippen LogP contribution is -2.58. The maximum atomic E-state index is 13.1. The SMILES string of the molecule is CC1CCCCC1N=C(Nc1ccccc1O)N1CCC2(CC1)C(=O)NCN2c1ccccc1. The smallest absolute Gasteiger partial charge is 0.247 e. The molecule has 2 saturated heterocycles. The van der Waals surface area contributed by atoms with E-state index in [0.717, 1.165) is 44.0 Å². The Balaban J connectivity index is 1.39. The van der Waals surface area contributed by atoms with Gasteiger partial charge >= 0.3 is 0 Å². The number of para-hydroxylation sites is 3. The number of benzene rings is 2. The van der Waals surface area contributed by atoms with Gasteiger partial charge in [0.15, 0.2) is 5.96 Å². The lowest BCUT2D eigenvalue weighted by Gasteiger charge is -2.44. The number of guanidine groups is 1.